The monoisotopic (exact) mass is 377 g/mol. The first-order valence-corrected chi connectivity index (χ1v) is 10.0. The minimum absolute atomic E-state index is 0.368. The maximum Gasteiger partial charge on any atom is 0.331 e. The fraction of sp³-hybridized carbons (Fsp3) is 0.417. The minimum atomic E-state index is -1.01. The summed E-state index contributed by atoms with van der Waals surface area (Å²) in [5.74, 6) is 1.28. The first-order valence-electron chi connectivity index (χ1n) is 10.0. The van der Waals surface area contributed by atoms with E-state index in [1.54, 1.807) is 12.1 Å². The van der Waals surface area contributed by atoms with Crippen LogP contribution in [0.15, 0.2) is 48.5 Å². The van der Waals surface area contributed by atoms with Crippen LogP contribution in [0.5, 0.6) is 11.5 Å². The normalized spacial score (nSPS) is 21.5. The molecule has 2 atom stereocenters. The molecule has 28 heavy (non-hydrogen) atoms. The number of carbonyl (C=O) groups excluding carboxylic acids is 1. The van der Waals surface area contributed by atoms with Crippen molar-refractivity contribution in [2.75, 3.05) is 6.61 Å². The van der Waals surface area contributed by atoms with Crippen molar-refractivity contribution < 1.29 is 14.3 Å². The SMILES string of the molecule is CCCOc1ccc(-c2ccc(OC(=O)C3(C#N)CCCC(C)C3)cc2)cc1. The molecule has 1 aliphatic rings. The second-order valence-corrected chi connectivity index (χ2v) is 7.68. The van der Waals surface area contributed by atoms with Gasteiger partial charge in [0.05, 0.1) is 12.7 Å². The topological polar surface area (TPSA) is 59.3 Å². The van der Waals surface area contributed by atoms with Crippen molar-refractivity contribution in [3.63, 3.8) is 0 Å². The number of carbonyl (C=O) groups is 1. The lowest BCUT2D eigenvalue weighted by Crippen LogP contribution is -2.37. The van der Waals surface area contributed by atoms with Gasteiger partial charge in [0, 0.05) is 0 Å². The molecule has 0 bridgehead atoms. The smallest absolute Gasteiger partial charge is 0.331 e. The van der Waals surface area contributed by atoms with Gasteiger partial charge in [-0.1, -0.05) is 51.0 Å². The molecular formula is C24H27NO3. The Morgan fingerprint density at radius 2 is 1.71 bits per heavy atom. The molecule has 2 unspecified atom stereocenters. The number of hydrogen-bond acceptors (Lipinski definition) is 4. The Morgan fingerprint density at radius 3 is 2.25 bits per heavy atom. The molecule has 146 valence electrons. The van der Waals surface area contributed by atoms with Crippen LogP contribution >= 0.6 is 0 Å². The van der Waals surface area contributed by atoms with Crippen molar-refractivity contribution in [3.05, 3.63) is 48.5 Å². The van der Waals surface area contributed by atoms with Crippen LogP contribution in [0.4, 0.5) is 0 Å². The Kier molecular flexibility index (Phi) is 6.36. The van der Waals surface area contributed by atoms with Gasteiger partial charge in [-0.3, -0.25) is 0 Å². The molecule has 1 saturated carbocycles. The summed E-state index contributed by atoms with van der Waals surface area (Å²) in [6.07, 6.45) is 4.09. The number of nitrogens with zero attached hydrogens (tertiary/aromatic N) is 1. The van der Waals surface area contributed by atoms with Gasteiger partial charge in [-0.05, 0) is 60.6 Å². The Morgan fingerprint density at radius 1 is 1.11 bits per heavy atom. The van der Waals surface area contributed by atoms with Crippen LogP contribution in [0.2, 0.25) is 0 Å². The Bertz CT molecular complexity index is 836. The van der Waals surface area contributed by atoms with Gasteiger partial charge in [0.15, 0.2) is 5.41 Å². The van der Waals surface area contributed by atoms with E-state index in [0.29, 0.717) is 31.1 Å². The van der Waals surface area contributed by atoms with Crippen LogP contribution in [-0.2, 0) is 4.79 Å². The Hall–Kier alpha value is -2.80. The lowest BCUT2D eigenvalue weighted by molar-refractivity contribution is -0.144. The minimum Gasteiger partial charge on any atom is -0.494 e. The van der Waals surface area contributed by atoms with E-state index in [1.165, 1.54) is 0 Å². The zero-order chi connectivity index (χ0) is 20.0. The van der Waals surface area contributed by atoms with Gasteiger partial charge in [0.1, 0.15) is 11.5 Å². The lowest BCUT2D eigenvalue weighted by atomic mass is 9.71. The molecule has 0 radical (unpaired) electrons. The highest BCUT2D eigenvalue weighted by atomic mass is 16.5. The van der Waals surface area contributed by atoms with E-state index in [1.807, 2.05) is 36.4 Å². The third kappa shape index (κ3) is 4.54. The van der Waals surface area contributed by atoms with Gasteiger partial charge in [0.2, 0.25) is 0 Å². The quantitative estimate of drug-likeness (QED) is 0.474. The summed E-state index contributed by atoms with van der Waals surface area (Å²) in [5.41, 5.74) is 1.09. The van der Waals surface area contributed by atoms with E-state index >= 15 is 0 Å². The number of benzene rings is 2. The molecule has 0 N–H and O–H groups in total. The molecule has 0 saturated heterocycles. The molecule has 0 spiro atoms. The average molecular weight is 377 g/mol. The van der Waals surface area contributed by atoms with E-state index in [2.05, 4.69) is 19.9 Å². The molecule has 3 rings (SSSR count). The van der Waals surface area contributed by atoms with Crippen molar-refractivity contribution >= 4 is 5.97 Å². The molecule has 4 heteroatoms. The summed E-state index contributed by atoms with van der Waals surface area (Å²) in [5, 5.41) is 9.62. The van der Waals surface area contributed by atoms with Crippen LogP contribution in [0.3, 0.4) is 0 Å². The Labute approximate surface area is 167 Å². The van der Waals surface area contributed by atoms with Gasteiger partial charge in [-0.2, -0.15) is 5.26 Å². The molecule has 2 aromatic rings. The average Bonchev–Trinajstić information content (AvgIpc) is 2.73. The maximum absolute atomic E-state index is 12.7. The molecule has 0 aliphatic heterocycles. The highest BCUT2D eigenvalue weighted by molar-refractivity contribution is 5.82. The van der Waals surface area contributed by atoms with Crippen molar-refractivity contribution in [1.82, 2.24) is 0 Å². The molecule has 0 aromatic heterocycles. The molecule has 0 heterocycles. The van der Waals surface area contributed by atoms with Gasteiger partial charge in [0.25, 0.3) is 0 Å². The standard InChI is InChI=1S/C24H27NO3/c1-3-15-27-21-10-6-19(7-11-21)20-8-12-22(13-9-20)28-23(26)24(17-25)14-4-5-18(2)16-24/h6-13,18H,3-5,14-16H2,1-2H3. The first-order chi connectivity index (χ1) is 13.6. The number of ether oxygens (including phenoxy) is 2. The fourth-order valence-electron chi connectivity index (χ4n) is 3.77. The van der Waals surface area contributed by atoms with E-state index in [4.69, 9.17) is 9.47 Å². The zero-order valence-corrected chi connectivity index (χ0v) is 16.6. The second-order valence-electron chi connectivity index (χ2n) is 7.68. The van der Waals surface area contributed by atoms with Crippen molar-refractivity contribution in [3.8, 4) is 28.7 Å². The summed E-state index contributed by atoms with van der Waals surface area (Å²) in [6, 6.07) is 17.6. The van der Waals surface area contributed by atoms with Gasteiger partial charge < -0.3 is 9.47 Å². The third-order valence-electron chi connectivity index (χ3n) is 5.33. The van der Waals surface area contributed by atoms with Crippen LogP contribution in [0.1, 0.15) is 46.0 Å². The lowest BCUT2D eigenvalue weighted by Gasteiger charge is -2.31. The third-order valence-corrected chi connectivity index (χ3v) is 5.33. The predicted octanol–water partition coefficient (Wildman–Crippen LogP) is 5.77. The zero-order valence-electron chi connectivity index (χ0n) is 16.6. The highest BCUT2D eigenvalue weighted by Crippen LogP contribution is 2.40. The highest BCUT2D eigenvalue weighted by Gasteiger charge is 2.43. The number of nitriles is 1. The van der Waals surface area contributed by atoms with Gasteiger partial charge in [-0.25, -0.2) is 4.79 Å². The van der Waals surface area contributed by atoms with E-state index in [-0.39, 0.29) is 0 Å². The second kappa shape index (κ2) is 8.93. The van der Waals surface area contributed by atoms with Gasteiger partial charge >= 0.3 is 5.97 Å². The van der Waals surface area contributed by atoms with Crippen LogP contribution in [0, 0.1) is 22.7 Å². The molecular weight excluding hydrogens is 350 g/mol. The molecule has 1 fully saturated rings. The summed E-state index contributed by atoms with van der Waals surface area (Å²) in [6.45, 7) is 4.88. The molecule has 0 amide bonds. The number of hydrogen-bond donors (Lipinski definition) is 0. The largest absolute Gasteiger partial charge is 0.494 e. The van der Waals surface area contributed by atoms with Crippen LogP contribution in [-0.4, -0.2) is 12.6 Å². The van der Waals surface area contributed by atoms with Crippen molar-refractivity contribution in [2.45, 2.75) is 46.0 Å². The van der Waals surface area contributed by atoms with Crippen LogP contribution < -0.4 is 9.47 Å². The predicted molar refractivity (Wildman–Crippen MR) is 109 cm³/mol. The van der Waals surface area contributed by atoms with Gasteiger partial charge in [-0.15, -0.1) is 0 Å². The Balaban J connectivity index is 1.67. The van der Waals surface area contributed by atoms with Crippen LogP contribution in [0.25, 0.3) is 11.1 Å². The first kappa shape index (κ1) is 19.9. The summed E-state index contributed by atoms with van der Waals surface area (Å²) in [4.78, 5) is 12.7. The van der Waals surface area contributed by atoms with E-state index in [0.717, 1.165) is 36.1 Å². The van der Waals surface area contributed by atoms with E-state index in [9.17, 15) is 10.1 Å². The molecule has 4 nitrogen and oxygen atoms in total. The van der Waals surface area contributed by atoms with Crippen molar-refractivity contribution in [2.24, 2.45) is 11.3 Å². The fourth-order valence-corrected chi connectivity index (χ4v) is 3.77. The molecule has 1 aliphatic carbocycles. The molecule has 2 aromatic carbocycles. The summed E-state index contributed by atoms with van der Waals surface area (Å²) in [7, 11) is 0. The summed E-state index contributed by atoms with van der Waals surface area (Å²) >= 11 is 0. The number of rotatable bonds is 6. The number of esters is 1. The summed E-state index contributed by atoms with van der Waals surface area (Å²) < 4.78 is 11.2. The maximum atomic E-state index is 12.7. The van der Waals surface area contributed by atoms with Crippen molar-refractivity contribution in [1.29, 1.82) is 5.26 Å². The van der Waals surface area contributed by atoms with E-state index < -0.39 is 11.4 Å².